The maximum absolute atomic E-state index is 12.7. The fourth-order valence-corrected chi connectivity index (χ4v) is 3.41. The Labute approximate surface area is 187 Å². The predicted octanol–water partition coefficient (Wildman–Crippen LogP) is 4.08. The van der Waals surface area contributed by atoms with Gasteiger partial charge in [0.25, 0.3) is 0 Å². The Hall–Kier alpha value is -3.68. The number of carbonyl (C=O) groups excluding carboxylic acids is 2. The van der Waals surface area contributed by atoms with Crippen molar-refractivity contribution in [1.82, 2.24) is 0 Å². The van der Waals surface area contributed by atoms with E-state index in [1.165, 1.54) is 0 Å². The van der Waals surface area contributed by atoms with E-state index >= 15 is 0 Å². The number of benzene rings is 2. The first-order chi connectivity index (χ1) is 15.6. The van der Waals surface area contributed by atoms with Crippen LogP contribution in [0.5, 0.6) is 0 Å². The normalized spacial score (nSPS) is 20.6. The maximum atomic E-state index is 12.7. The van der Waals surface area contributed by atoms with Gasteiger partial charge in [-0.25, -0.2) is 0 Å². The summed E-state index contributed by atoms with van der Waals surface area (Å²) in [4.78, 5) is 25.4. The molecule has 0 heterocycles. The van der Waals surface area contributed by atoms with Gasteiger partial charge < -0.3 is 9.47 Å². The number of nitrogens with one attached hydrogen (secondary N) is 2. The summed E-state index contributed by atoms with van der Waals surface area (Å²) in [6.45, 7) is 4.02. The molecule has 1 aliphatic rings. The fraction of sp³-hybridized carbons (Fsp3) is 0.333. The van der Waals surface area contributed by atoms with Crippen LogP contribution in [0.25, 0.3) is 0 Å². The fourth-order valence-electron chi connectivity index (χ4n) is 3.41. The third-order valence-electron chi connectivity index (χ3n) is 4.98. The molecule has 1 saturated carbocycles. The minimum atomic E-state index is -0.645. The lowest BCUT2D eigenvalue weighted by Gasteiger charge is -2.29. The number of para-hydroxylation sites is 2. The molecule has 0 spiro atoms. The van der Waals surface area contributed by atoms with Crippen LogP contribution in [0.4, 0.5) is 11.4 Å². The van der Waals surface area contributed by atoms with Crippen LogP contribution in [0.15, 0.2) is 70.9 Å². The van der Waals surface area contributed by atoms with E-state index in [0.717, 1.165) is 11.4 Å². The molecule has 0 aromatic heterocycles. The van der Waals surface area contributed by atoms with E-state index in [0.29, 0.717) is 11.4 Å². The molecule has 8 heteroatoms. The van der Waals surface area contributed by atoms with Crippen LogP contribution in [0.2, 0.25) is 0 Å². The van der Waals surface area contributed by atoms with Gasteiger partial charge in [-0.1, -0.05) is 36.4 Å². The minimum Gasteiger partial charge on any atom is -0.465 e. The second-order valence-corrected chi connectivity index (χ2v) is 7.18. The molecule has 168 valence electrons. The Morgan fingerprint density at radius 1 is 0.750 bits per heavy atom. The van der Waals surface area contributed by atoms with Crippen molar-refractivity contribution in [3.63, 3.8) is 0 Å². The van der Waals surface area contributed by atoms with Gasteiger partial charge in [0.05, 0.1) is 36.0 Å². The molecule has 2 aromatic carbocycles. The molecule has 1 aliphatic carbocycles. The SMILES string of the molecule is CCOC(=O)[C@@H]1CC(=NNc2ccccc2)[C@H](C(=O)OCC)CC1=NNc1ccccc1. The Bertz CT molecular complexity index is 881. The van der Waals surface area contributed by atoms with E-state index in [2.05, 4.69) is 21.1 Å². The Kier molecular flexibility index (Phi) is 8.36. The van der Waals surface area contributed by atoms with Crippen molar-refractivity contribution in [3.8, 4) is 0 Å². The highest BCUT2D eigenvalue weighted by molar-refractivity contribution is 6.16. The number of esters is 2. The van der Waals surface area contributed by atoms with Crippen molar-refractivity contribution >= 4 is 34.7 Å². The third kappa shape index (κ3) is 6.16. The first-order valence-electron chi connectivity index (χ1n) is 10.7. The molecule has 8 nitrogen and oxygen atoms in total. The van der Waals surface area contributed by atoms with Gasteiger partial charge in [0, 0.05) is 12.8 Å². The molecule has 0 amide bonds. The molecule has 1 fully saturated rings. The van der Waals surface area contributed by atoms with Gasteiger partial charge in [-0.15, -0.1) is 0 Å². The van der Waals surface area contributed by atoms with Gasteiger partial charge in [0.2, 0.25) is 0 Å². The topological polar surface area (TPSA) is 101 Å². The molecule has 0 aliphatic heterocycles. The number of carbonyl (C=O) groups is 2. The van der Waals surface area contributed by atoms with Gasteiger partial charge in [-0.2, -0.15) is 10.2 Å². The lowest BCUT2D eigenvalue weighted by atomic mass is 9.78. The second kappa shape index (κ2) is 11.6. The van der Waals surface area contributed by atoms with E-state index in [1.54, 1.807) is 13.8 Å². The summed E-state index contributed by atoms with van der Waals surface area (Å²) in [5.41, 5.74) is 8.58. The summed E-state index contributed by atoms with van der Waals surface area (Å²) in [6.07, 6.45) is 0.412. The van der Waals surface area contributed by atoms with Crippen molar-refractivity contribution < 1.29 is 19.1 Å². The number of hydrogen-bond donors (Lipinski definition) is 2. The average molecular weight is 437 g/mol. The van der Waals surface area contributed by atoms with Crippen LogP contribution in [0.3, 0.4) is 0 Å². The van der Waals surface area contributed by atoms with Crippen molar-refractivity contribution in [1.29, 1.82) is 0 Å². The van der Waals surface area contributed by atoms with E-state index < -0.39 is 23.8 Å². The summed E-state index contributed by atoms with van der Waals surface area (Å²) in [5.74, 6) is -2.08. The molecule has 32 heavy (non-hydrogen) atoms. The van der Waals surface area contributed by atoms with Gasteiger partial charge in [0.15, 0.2) is 0 Å². The summed E-state index contributed by atoms with van der Waals surface area (Å²) in [7, 11) is 0. The molecule has 0 bridgehead atoms. The van der Waals surface area contributed by atoms with Crippen LogP contribution in [-0.2, 0) is 19.1 Å². The van der Waals surface area contributed by atoms with Crippen LogP contribution >= 0.6 is 0 Å². The zero-order chi connectivity index (χ0) is 22.8. The maximum Gasteiger partial charge on any atom is 0.315 e. The minimum absolute atomic E-state index is 0.206. The number of nitrogens with zero attached hydrogens (tertiary/aromatic N) is 2. The zero-order valence-corrected chi connectivity index (χ0v) is 18.3. The summed E-state index contributed by atoms with van der Waals surface area (Å²) in [5, 5.41) is 8.93. The van der Waals surface area contributed by atoms with E-state index in [-0.39, 0.29) is 26.1 Å². The molecule has 2 aromatic rings. The molecular formula is C24H28N4O4. The van der Waals surface area contributed by atoms with E-state index in [4.69, 9.17) is 9.47 Å². The number of hydrogen-bond acceptors (Lipinski definition) is 8. The van der Waals surface area contributed by atoms with Gasteiger partial charge in [-0.3, -0.25) is 20.4 Å². The smallest absolute Gasteiger partial charge is 0.315 e. The first kappa shape index (κ1) is 23.0. The molecule has 0 unspecified atom stereocenters. The van der Waals surface area contributed by atoms with Crippen molar-refractivity contribution in [2.75, 3.05) is 24.1 Å². The largest absolute Gasteiger partial charge is 0.465 e. The molecular weight excluding hydrogens is 408 g/mol. The third-order valence-corrected chi connectivity index (χ3v) is 4.98. The molecule has 2 atom stereocenters. The summed E-state index contributed by atoms with van der Waals surface area (Å²) >= 11 is 0. The quantitative estimate of drug-likeness (QED) is 0.478. The average Bonchev–Trinajstić information content (AvgIpc) is 2.83. The van der Waals surface area contributed by atoms with Crippen LogP contribution in [0.1, 0.15) is 26.7 Å². The Morgan fingerprint density at radius 3 is 1.47 bits per heavy atom. The molecule has 0 radical (unpaired) electrons. The zero-order valence-electron chi connectivity index (χ0n) is 18.3. The highest BCUT2D eigenvalue weighted by Gasteiger charge is 2.41. The number of anilines is 2. The lowest BCUT2D eigenvalue weighted by molar-refractivity contribution is -0.148. The number of ether oxygens (including phenoxy) is 2. The standard InChI is InChI=1S/C24H28N4O4/c1-3-31-23(29)19-15-22(28-26-18-13-9-6-10-14-18)20(24(30)32-4-2)16-21(19)27-25-17-11-7-5-8-12-17/h5-14,19-20,25-26H,3-4,15-16H2,1-2H3/t19-,20-/m1/s1. The number of hydrazone groups is 2. The van der Waals surface area contributed by atoms with Gasteiger partial charge >= 0.3 is 11.9 Å². The monoisotopic (exact) mass is 436 g/mol. The highest BCUT2D eigenvalue weighted by Crippen LogP contribution is 2.28. The van der Waals surface area contributed by atoms with Crippen molar-refractivity contribution in [2.45, 2.75) is 26.7 Å². The highest BCUT2D eigenvalue weighted by atomic mass is 16.5. The summed E-state index contributed by atoms with van der Waals surface area (Å²) < 4.78 is 10.6. The second-order valence-electron chi connectivity index (χ2n) is 7.18. The van der Waals surface area contributed by atoms with E-state index in [1.807, 2.05) is 60.7 Å². The van der Waals surface area contributed by atoms with Crippen molar-refractivity contribution in [2.24, 2.45) is 22.0 Å². The van der Waals surface area contributed by atoms with Crippen LogP contribution < -0.4 is 10.9 Å². The van der Waals surface area contributed by atoms with Crippen LogP contribution in [-0.4, -0.2) is 36.6 Å². The lowest BCUT2D eigenvalue weighted by Crippen LogP contribution is -2.42. The Morgan fingerprint density at radius 2 is 1.12 bits per heavy atom. The Balaban J connectivity index is 1.90. The van der Waals surface area contributed by atoms with Gasteiger partial charge in [0.1, 0.15) is 11.8 Å². The van der Waals surface area contributed by atoms with Crippen molar-refractivity contribution in [3.05, 3.63) is 60.7 Å². The summed E-state index contributed by atoms with van der Waals surface area (Å²) in [6, 6.07) is 18.8. The van der Waals surface area contributed by atoms with Gasteiger partial charge in [-0.05, 0) is 38.1 Å². The van der Waals surface area contributed by atoms with E-state index in [9.17, 15) is 9.59 Å². The molecule has 0 saturated heterocycles. The molecule has 2 N–H and O–H groups in total. The number of rotatable bonds is 8. The molecule has 3 rings (SSSR count). The predicted molar refractivity (Wildman–Crippen MR) is 124 cm³/mol. The first-order valence-corrected chi connectivity index (χ1v) is 10.7. The van der Waals surface area contributed by atoms with Crippen LogP contribution in [0, 0.1) is 11.8 Å².